The van der Waals surface area contributed by atoms with Crippen molar-refractivity contribution in [3.8, 4) is 11.5 Å². The zero-order valence-electron chi connectivity index (χ0n) is 21.6. The molecular formula is C28H25BrFIN4O4. The molecule has 0 atom stereocenters. The number of amides is 1. The minimum absolute atomic E-state index is 0.0692. The Morgan fingerprint density at radius 1 is 1.21 bits per heavy atom. The van der Waals surface area contributed by atoms with Gasteiger partial charge in [0.25, 0.3) is 11.5 Å². The second-order valence-corrected chi connectivity index (χ2v) is 11.6. The number of ether oxygens (including phenoxy) is 2. The predicted molar refractivity (Wildman–Crippen MR) is 162 cm³/mol. The molecule has 0 aliphatic heterocycles. The molecule has 8 nitrogen and oxygen atoms in total. The van der Waals surface area contributed by atoms with Crippen molar-refractivity contribution in [1.82, 2.24) is 9.66 Å². The molecule has 1 heterocycles. The third kappa shape index (κ3) is 6.64. The molecule has 1 amide bonds. The number of fused-ring (bicyclic) bond motifs is 1. The fourth-order valence-corrected chi connectivity index (χ4v) is 4.85. The molecule has 0 fully saturated rings. The molecule has 4 rings (SSSR count). The first-order valence-corrected chi connectivity index (χ1v) is 13.7. The van der Waals surface area contributed by atoms with Gasteiger partial charge in [0.05, 0.1) is 33.5 Å². The smallest absolute Gasteiger partial charge is 0.282 e. The lowest BCUT2D eigenvalue weighted by Crippen LogP contribution is -2.29. The van der Waals surface area contributed by atoms with Crippen LogP contribution in [-0.2, 0) is 10.2 Å². The summed E-state index contributed by atoms with van der Waals surface area (Å²) in [7, 11) is 1.48. The molecule has 0 unspecified atom stereocenters. The van der Waals surface area contributed by atoms with Crippen molar-refractivity contribution >= 4 is 67.2 Å². The minimum Gasteiger partial charge on any atom is -0.493 e. The number of carbonyl (C=O) groups is 1. The van der Waals surface area contributed by atoms with Crippen LogP contribution in [0, 0.1) is 9.39 Å². The molecular weight excluding hydrogens is 682 g/mol. The normalized spacial score (nSPS) is 11.7. The molecule has 1 aromatic heterocycles. The highest BCUT2D eigenvalue weighted by Crippen LogP contribution is 2.34. The van der Waals surface area contributed by atoms with Gasteiger partial charge in [0.2, 0.25) is 0 Å². The molecule has 4 aromatic rings. The summed E-state index contributed by atoms with van der Waals surface area (Å²) in [4.78, 5) is 30.4. The lowest BCUT2D eigenvalue weighted by atomic mass is 9.95. The van der Waals surface area contributed by atoms with Crippen LogP contribution in [-0.4, -0.2) is 35.5 Å². The van der Waals surface area contributed by atoms with Crippen LogP contribution in [0.3, 0.4) is 0 Å². The summed E-state index contributed by atoms with van der Waals surface area (Å²) in [6.45, 7) is 5.54. The van der Waals surface area contributed by atoms with Gasteiger partial charge in [0, 0.05) is 9.89 Å². The summed E-state index contributed by atoms with van der Waals surface area (Å²) in [6.07, 6.45) is 1.54. The first-order chi connectivity index (χ1) is 18.5. The van der Waals surface area contributed by atoms with E-state index in [4.69, 9.17) is 14.5 Å². The molecule has 0 saturated carbocycles. The zero-order chi connectivity index (χ0) is 28.3. The Morgan fingerprint density at radius 2 is 1.95 bits per heavy atom. The molecule has 0 bridgehead atoms. The molecule has 0 radical (unpaired) electrons. The van der Waals surface area contributed by atoms with Gasteiger partial charge in [-0.2, -0.15) is 9.78 Å². The number of carbonyl (C=O) groups excluding carboxylic acids is 1. The van der Waals surface area contributed by atoms with Gasteiger partial charge in [-0.3, -0.25) is 9.59 Å². The molecule has 3 aromatic carbocycles. The lowest BCUT2D eigenvalue weighted by molar-refractivity contribution is -0.118. The van der Waals surface area contributed by atoms with Gasteiger partial charge in [-0.25, -0.2) is 9.37 Å². The van der Waals surface area contributed by atoms with E-state index in [1.165, 1.54) is 30.0 Å². The van der Waals surface area contributed by atoms with Crippen LogP contribution in [0.1, 0.15) is 32.2 Å². The van der Waals surface area contributed by atoms with E-state index < -0.39 is 17.1 Å². The summed E-state index contributed by atoms with van der Waals surface area (Å²) >= 11 is 5.48. The predicted octanol–water partition coefficient (Wildman–Crippen LogP) is 6.11. The Hall–Kier alpha value is -3.32. The molecule has 0 aliphatic carbocycles. The van der Waals surface area contributed by atoms with Crippen LogP contribution in [0.15, 0.2) is 69.0 Å². The van der Waals surface area contributed by atoms with E-state index >= 15 is 0 Å². The number of hydrogen-bond donors (Lipinski definition) is 1. The van der Waals surface area contributed by atoms with Crippen molar-refractivity contribution in [2.24, 2.45) is 5.10 Å². The zero-order valence-corrected chi connectivity index (χ0v) is 25.3. The van der Waals surface area contributed by atoms with Crippen LogP contribution >= 0.6 is 38.5 Å². The van der Waals surface area contributed by atoms with Crippen molar-refractivity contribution in [1.29, 1.82) is 0 Å². The van der Waals surface area contributed by atoms with Crippen LogP contribution in [0.5, 0.6) is 11.5 Å². The average Bonchev–Trinajstić information content (AvgIpc) is 2.88. The van der Waals surface area contributed by atoms with Gasteiger partial charge < -0.3 is 14.8 Å². The molecule has 1 N–H and O–H groups in total. The van der Waals surface area contributed by atoms with E-state index in [1.807, 2.05) is 26.8 Å². The fraction of sp³-hybridized carbons (Fsp3) is 0.214. The Balaban J connectivity index is 1.62. The van der Waals surface area contributed by atoms with Crippen LogP contribution in [0.25, 0.3) is 10.9 Å². The van der Waals surface area contributed by atoms with E-state index in [1.54, 1.807) is 36.5 Å². The van der Waals surface area contributed by atoms with E-state index in [2.05, 4.69) is 48.9 Å². The second kappa shape index (κ2) is 11.8. The quantitative estimate of drug-likeness (QED) is 0.185. The standard InChI is InChI=1S/C28H25BrFIN4O4/c1-28(2,3)27-34-21-10-9-17(29)13-18(21)26(37)35(27)32-14-16-11-20(31)25(23(12-16)38-4)39-15-24(36)33-22-8-6-5-7-19(22)30/h5-14H,15H2,1-4H3,(H,33,36). The lowest BCUT2D eigenvalue weighted by Gasteiger charge is -2.21. The largest absolute Gasteiger partial charge is 0.493 e. The highest BCUT2D eigenvalue weighted by atomic mass is 127. The third-order valence-corrected chi connectivity index (χ3v) is 6.84. The van der Waals surface area contributed by atoms with Crippen molar-refractivity contribution in [2.75, 3.05) is 19.0 Å². The SMILES string of the molecule is COc1cc(C=Nn2c(C(C)(C)C)nc3ccc(Br)cc3c2=O)cc(I)c1OCC(=O)Nc1ccccc1F. The summed E-state index contributed by atoms with van der Waals surface area (Å²) in [6, 6.07) is 14.7. The highest BCUT2D eigenvalue weighted by molar-refractivity contribution is 14.1. The summed E-state index contributed by atoms with van der Waals surface area (Å²) in [5, 5.41) is 7.42. The number of methoxy groups -OCH3 is 1. The van der Waals surface area contributed by atoms with Gasteiger partial charge in [-0.15, -0.1) is 0 Å². The maximum absolute atomic E-state index is 13.8. The van der Waals surface area contributed by atoms with Crippen molar-refractivity contribution in [3.05, 3.63) is 90.2 Å². The number of anilines is 1. The van der Waals surface area contributed by atoms with Gasteiger partial charge in [0.15, 0.2) is 18.1 Å². The van der Waals surface area contributed by atoms with E-state index in [9.17, 15) is 14.0 Å². The maximum Gasteiger partial charge on any atom is 0.282 e. The Labute approximate surface area is 246 Å². The Morgan fingerprint density at radius 3 is 2.64 bits per heavy atom. The number of benzene rings is 3. The maximum atomic E-state index is 13.8. The van der Waals surface area contributed by atoms with Crippen LogP contribution < -0.4 is 20.3 Å². The molecule has 0 aliphatic rings. The molecule has 202 valence electrons. The van der Waals surface area contributed by atoms with E-state index in [0.29, 0.717) is 37.4 Å². The highest BCUT2D eigenvalue weighted by Gasteiger charge is 2.23. The first-order valence-electron chi connectivity index (χ1n) is 11.8. The summed E-state index contributed by atoms with van der Waals surface area (Å²) in [5.41, 5.74) is 0.562. The van der Waals surface area contributed by atoms with Crippen molar-refractivity contribution in [2.45, 2.75) is 26.2 Å². The molecule has 0 saturated heterocycles. The number of para-hydroxylation sites is 1. The van der Waals surface area contributed by atoms with Gasteiger partial charge in [-0.05, 0) is 70.6 Å². The van der Waals surface area contributed by atoms with E-state index in [-0.39, 0.29) is 17.9 Å². The van der Waals surface area contributed by atoms with Gasteiger partial charge in [-0.1, -0.05) is 48.8 Å². The number of nitrogens with one attached hydrogen (secondary N) is 1. The number of hydrogen-bond acceptors (Lipinski definition) is 6. The number of halogens is 3. The van der Waals surface area contributed by atoms with Crippen molar-refractivity contribution in [3.63, 3.8) is 0 Å². The number of rotatable bonds is 7. The second-order valence-electron chi connectivity index (χ2n) is 9.56. The van der Waals surface area contributed by atoms with Crippen LogP contribution in [0.2, 0.25) is 0 Å². The van der Waals surface area contributed by atoms with E-state index in [0.717, 1.165) is 4.47 Å². The molecule has 11 heteroatoms. The van der Waals surface area contributed by atoms with Gasteiger partial charge in [0.1, 0.15) is 11.6 Å². The third-order valence-electron chi connectivity index (χ3n) is 5.55. The topological polar surface area (TPSA) is 94.8 Å². The van der Waals surface area contributed by atoms with Crippen molar-refractivity contribution < 1.29 is 18.7 Å². The number of nitrogens with zero attached hydrogens (tertiary/aromatic N) is 3. The van der Waals surface area contributed by atoms with Gasteiger partial charge >= 0.3 is 0 Å². The Kier molecular flexibility index (Phi) is 8.70. The number of aromatic nitrogens is 2. The Bertz CT molecular complexity index is 1650. The average molecular weight is 707 g/mol. The molecule has 39 heavy (non-hydrogen) atoms. The van der Waals surface area contributed by atoms with Crippen LogP contribution in [0.4, 0.5) is 10.1 Å². The summed E-state index contributed by atoms with van der Waals surface area (Å²) in [5.74, 6) is 0.175. The fourth-order valence-electron chi connectivity index (χ4n) is 3.71. The monoisotopic (exact) mass is 706 g/mol. The first kappa shape index (κ1) is 28.7. The summed E-state index contributed by atoms with van der Waals surface area (Å²) < 4.78 is 27.8. The minimum atomic E-state index is -0.537. The molecule has 0 spiro atoms.